The third-order valence-corrected chi connectivity index (χ3v) is 6.38. The Morgan fingerprint density at radius 1 is 1.20 bits per heavy atom. The van der Waals surface area contributed by atoms with Crippen molar-refractivity contribution in [1.82, 2.24) is 9.21 Å². The first-order valence-electron chi connectivity index (χ1n) is 9.54. The Hall–Kier alpha value is -2.21. The van der Waals surface area contributed by atoms with Crippen LogP contribution in [0, 0.1) is 0 Å². The van der Waals surface area contributed by atoms with Crippen LogP contribution >= 0.6 is 0 Å². The molecule has 1 aliphatic rings. The molecule has 1 aliphatic heterocycles. The number of esters is 1. The zero-order chi connectivity index (χ0) is 22.1. The Morgan fingerprint density at radius 3 is 2.50 bits per heavy atom. The molecular weight excluding hydrogens is 416 g/mol. The average Bonchev–Trinajstić information content (AvgIpc) is 2.76. The Labute approximate surface area is 176 Å². The van der Waals surface area contributed by atoms with Crippen molar-refractivity contribution in [1.29, 1.82) is 0 Å². The van der Waals surface area contributed by atoms with Crippen LogP contribution in [0.5, 0.6) is 5.75 Å². The van der Waals surface area contributed by atoms with E-state index in [1.165, 1.54) is 41.6 Å². The summed E-state index contributed by atoms with van der Waals surface area (Å²) in [6.45, 7) is 2.97. The molecule has 10 nitrogen and oxygen atoms in total. The van der Waals surface area contributed by atoms with Crippen molar-refractivity contribution >= 4 is 21.9 Å². The van der Waals surface area contributed by atoms with Crippen LogP contribution in [-0.2, 0) is 29.0 Å². The molecule has 168 valence electrons. The number of benzene rings is 1. The summed E-state index contributed by atoms with van der Waals surface area (Å²) >= 11 is 0. The van der Waals surface area contributed by atoms with Crippen molar-refractivity contribution in [3.63, 3.8) is 0 Å². The lowest BCUT2D eigenvalue weighted by molar-refractivity contribution is -0.143. The summed E-state index contributed by atoms with van der Waals surface area (Å²) in [5.41, 5.74) is 0.0345. The van der Waals surface area contributed by atoms with Crippen molar-refractivity contribution in [3.8, 4) is 5.75 Å². The van der Waals surface area contributed by atoms with Crippen LogP contribution in [0.3, 0.4) is 0 Å². The van der Waals surface area contributed by atoms with E-state index in [2.05, 4.69) is 0 Å². The fraction of sp³-hybridized carbons (Fsp3) is 0.579. The summed E-state index contributed by atoms with van der Waals surface area (Å²) in [6.07, 6.45) is 0. The highest BCUT2D eigenvalue weighted by molar-refractivity contribution is 7.89. The van der Waals surface area contributed by atoms with Crippen LogP contribution in [0.15, 0.2) is 23.1 Å². The van der Waals surface area contributed by atoms with Gasteiger partial charge in [-0.3, -0.25) is 9.59 Å². The van der Waals surface area contributed by atoms with E-state index in [0.717, 1.165) is 0 Å². The number of carbonyl (C=O) groups is 2. The van der Waals surface area contributed by atoms with Crippen molar-refractivity contribution in [2.75, 3.05) is 66.8 Å². The van der Waals surface area contributed by atoms with E-state index in [0.29, 0.717) is 13.2 Å². The summed E-state index contributed by atoms with van der Waals surface area (Å²) < 4.78 is 47.7. The second-order valence-corrected chi connectivity index (χ2v) is 8.34. The van der Waals surface area contributed by atoms with Gasteiger partial charge in [0.05, 0.1) is 44.0 Å². The molecule has 0 atom stereocenters. The minimum Gasteiger partial charge on any atom is -0.496 e. The monoisotopic (exact) mass is 444 g/mol. The van der Waals surface area contributed by atoms with Crippen LogP contribution in [0.2, 0.25) is 0 Å². The van der Waals surface area contributed by atoms with Gasteiger partial charge < -0.3 is 23.8 Å². The van der Waals surface area contributed by atoms with Crippen LogP contribution < -0.4 is 4.74 Å². The SMILES string of the molecule is CCOC(=O)CN(CCOC)C(=O)c1cc(S(=O)(=O)N2CCOCC2)ccc1OC. The number of morpholine rings is 1. The van der Waals surface area contributed by atoms with Crippen molar-refractivity contribution in [2.24, 2.45) is 0 Å². The van der Waals surface area contributed by atoms with E-state index in [-0.39, 0.29) is 55.6 Å². The van der Waals surface area contributed by atoms with Gasteiger partial charge in [-0.25, -0.2) is 8.42 Å². The maximum atomic E-state index is 13.2. The highest BCUT2D eigenvalue weighted by Gasteiger charge is 2.29. The van der Waals surface area contributed by atoms with Gasteiger partial charge in [-0.15, -0.1) is 0 Å². The maximum absolute atomic E-state index is 13.2. The highest BCUT2D eigenvalue weighted by atomic mass is 32.2. The van der Waals surface area contributed by atoms with E-state index in [9.17, 15) is 18.0 Å². The van der Waals surface area contributed by atoms with Gasteiger partial charge in [-0.1, -0.05) is 0 Å². The lowest BCUT2D eigenvalue weighted by Crippen LogP contribution is -2.41. The average molecular weight is 445 g/mol. The molecule has 0 aliphatic carbocycles. The molecule has 1 aromatic carbocycles. The zero-order valence-corrected chi connectivity index (χ0v) is 18.3. The number of carbonyl (C=O) groups excluding carboxylic acids is 2. The van der Waals surface area contributed by atoms with Gasteiger partial charge >= 0.3 is 5.97 Å². The van der Waals surface area contributed by atoms with Crippen LogP contribution in [0.25, 0.3) is 0 Å². The van der Waals surface area contributed by atoms with Crippen molar-refractivity contribution < 1.29 is 37.0 Å². The Kier molecular flexibility index (Phi) is 9.03. The number of nitrogens with zero attached hydrogens (tertiary/aromatic N) is 2. The molecule has 0 N–H and O–H groups in total. The van der Waals surface area contributed by atoms with Crippen molar-refractivity contribution in [3.05, 3.63) is 23.8 Å². The fourth-order valence-corrected chi connectivity index (χ4v) is 4.37. The summed E-state index contributed by atoms with van der Waals surface area (Å²) in [5, 5.41) is 0. The van der Waals surface area contributed by atoms with E-state index >= 15 is 0 Å². The minimum atomic E-state index is -3.81. The molecule has 1 aromatic rings. The first kappa shape index (κ1) is 24.1. The largest absolute Gasteiger partial charge is 0.496 e. The molecule has 0 radical (unpaired) electrons. The number of hydrogen-bond acceptors (Lipinski definition) is 8. The molecule has 2 rings (SSSR count). The quantitative estimate of drug-likeness (QED) is 0.476. The van der Waals surface area contributed by atoms with Gasteiger partial charge in [-0.2, -0.15) is 4.31 Å². The van der Waals surface area contributed by atoms with Crippen LogP contribution in [0.4, 0.5) is 0 Å². The van der Waals surface area contributed by atoms with Gasteiger partial charge in [0.1, 0.15) is 12.3 Å². The molecule has 0 spiro atoms. The predicted octanol–water partition coefficient (Wildman–Crippen LogP) is 0.368. The molecule has 0 bridgehead atoms. The zero-order valence-electron chi connectivity index (χ0n) is 17.5. The highest BCUT2D eigenvalue weighted by Crippen LogP contribution is 2.26. The van der Waals surface area contributed by atoms with E-state index < -0.39 is 21.9 Å². The Morgan fingerprint density at radius 2 is 1.90 bits per heavy atom. The summed E-state index contributed by atoms with van der Waals surface area (Å²) in [5.74, 6) is -0.929. The molecule has 30 heavy (non-hydrogen) atoms. The third kappa shape index (κ3) is 5.91. The molecule has 0 aromatic heterocycles. The first-order valence-corrected chi connectivity index (χ1v) is 11.0. The number of amides is 1. The topological polar surface area (TPSA) is 112 Å². The maximum Gasteiger partial charge on any atom is 0.325 e. The minimum absolute atomic E-state index is 0.0311. The lowest BCUT2D eigenvalue weighted by Gasteiger charge is -2.27. The van der Waals surface area contributed by atoms with E-state index in [1.54, 1.807) is 6.92 Å². The fourth-order valence-electron chi connectivity index (χ4n) is 2.94. The molecule has 11 heteroatoms. The van der Waals surface area contributed by atoms with Gasteiger partial charge in [0.15, 0.2) is 0 Å². The Balaban J connectivity index is 2.37. The summed E-state index contributed by atoms with van der Waals surface area (Å²) in [4.78, 5) is 26.3. The normalized spacial score (nSPS) is 14.9. The van der Waals surface area contributed by atoms with Crippen LogP contribution in [0.1, 0.15) is 17.3 Å². The molecule has 1 fully saturated rings. The molecule has 1 saturated heterocycles. The van der Waals surface area contributed by atoms with Gasteiger partial charge in [-0.05, 0) is 25.1 Å². The molecule has 0 saturated carbocycles. The number of hydrogen-bond donors (Lipinski definition) is 0. The molecule has 1 amide bonds. The van der Waals surface area contributed by atoms with Gasteiger partial charge in [0, 0.05) is 26.7 Å². The van der Waals surface area contributed by atoms with E-state index in [1.807, 2.05) is 0 Å². The van der Waals surface area contributed by atoms with Gasteiger partial charge in [0.25, 0.3) is 5.91 Å². The second kappa shape index (κ2) is 11.3. The van der Waals surface area contributed by atoms with E-state index in [4.69, 9.17) is 18.9 Å². The molecular formula is C19H28N2O8S. The Bertz CT molecular complexity index is 837. The predicted molar refractivity (Wildman–Crippen MR) is 107 cm³/mol. The van der Waals surface area contributed by atoms with Crippen molar-refractivity contribution in [2.45, 2.75) is 11.8 Å². The number of sulfonamides is 1. The summed E-state index contributed by atoms with van der Waals surface area (Å²) in [6, 6.07) is 4.10. The molecule has 1 heterocycles. The van der Waals surface area contributed by atoms with Gasteiger partial charge in [0.2, 0.25) is 10.0 Å². The smallest absolute Gasteiger partial charge is 0.325 e. The third-order valence-electron chi connectivity index (χ3n) is 4.49. The first-order chi connectivity index (χ1) is 14.3. The lowest BCUT2D eigenvalue weighted by atomic mass is 10.1. The second-order valence-electron chi connectivity index (χ2n) is 6.40. The summed E-state index contributed by atoms with van der Waals surface area (Å²) in [7, 11) is -0.949. The number of rotatable bonds is 10. The molecule has 0 unspecified atom stereocenters. The van der Waals surface area contributed by atoms with Crippen LogP contribution in [-0.4, -0.2) is 96.3 Å². The standard InChI is InChI=1S/C19H28N2O8S/c1-4-29-18(22)14-20(7-10-26-2)19(23)16-13-15(5-6-17(16)27-3)30(24,25)21-8-11-28-12-9-21/h5-6,13H,4,7-12,14H2,1-3H3. The number of methoxy groups -OCH3 is 2. The number of ether oxygens (including phenoxy) is 4.